The molecule has 1 amide bonds. The van der Waals surface area contributed by atoms with Gasteiger partial charge >= 0.3 is 5.69 Å². The summed E-state index contributed by atoms with van der Waals surface area (Å²) >= 11 is 7.81. The van der Waals surface area contributed by atoms with Gasteiger partial charge in [-0.1, -0.05) is 6.07 Å². The number of hydrogen-bond acceptors (Lipinski definition) is 6. The van der Waals surface area contributed by atoms with Gasteiger partial charge in [0, 0.05) is 25.3 Å². The molecule has 5 rings (SSSR count). The molecule has 2 aromatic carbocycles. The highest BCUT2D eigenvalue weighted by Crippen LogP contribution is 2.31. The van der Waals surface area contributed by atoms with Crippen LogP contribution >= 0.6 is 22.9 Å². The molecule has 9 nitrogen and oxygen atoms in total. The monoisotopic (exact) mass is 494 g/mol. The highest BCUT2D eigenvalue weighted by atomic mass is 35.5. The van der Waals surface area contributed by atoms with Gasteiger partial charge in [0.2, 0.25) is 11.2 Å². The molecule has 0 aliphatic carbocycles. The number of hydrogen-bond donors (Lipinski definition) is 1. The maximum absolute atomic E-state index is 12.7. The lowest BCUT2D eigenvalue weighted by atomic mass is 10.2. The van der Waals surface area contributed by atoms with Gasteiger partial charge in [-0.25, -0.2) is 9.78 Å². The van der Waals surface area contributed by atoms with Gasteiger partial charge in [0.1, 0.15) is 11.6 Å². The van der Waals surface area contributed by atoms with E-state index in [1.165, 1.54) is 28.8 Å². The lowest BCUT2D eigenvalue weighted by Crippen LogP contribution is -2.37. The van der Waals surface area contributed by atoms with Crippen molar-refractivity contribution in [3.05, 3.63) is 74.1 Å². The second kappa shape index (κ2) is 8.23. The van der Waals surface area contributed by atoms with E-state index < -0.39 is 11.2 Å². The van der Waals surface area contributed by atoms with Crippen LogP contribution in [-0.4, -0.2) is 29.6 Å². The number of carbonyl (C=O) groups excluding carboxylic acids is 1. The van der Waals surface area contributed by atoms with Gasteiger partial charge in [-0.2, -0.15) is 4.98 Å². The van der Waals surface area contributed by atoms with Crippen LogP contribution in [0.2, 0.25) is 5.28 Å². The zero-order valence-corrected chi connectivity index (χ0v) is 20.1. The molecule has 0 saturated heterocycles. The van der Waals surface area contributed by atoms with E-state index in [9.17, 15) is 14.4 Å². The summed E-state index contributed by atoms with van der Waals surface area (Å²) in [5.74, 6) is -0.389. The number of carbonyl (C=O) groups is 1. The van der Waals surface area contributed by atoms with Gasteiger partial charge in [-0.05, 0) is 60.5 Å². The van der Waals surface area contributed by atoms with Crippen molar-refractivity contribution in [2.24, 2.45) is 14.1 Å². The van der Waals surface area contributed by atoms with Crippen molar-refractivity contribution in [1.29, 1.82) is 0 Å². The average molecular weight is 495 g/mol. The summed E-state index contributed by atoms with van der Waals surface area (Å²) in [6.45, 7) is 1.82. The lowest BCUT2D eigenvalue weighted by molar-refractivity contribution is -0.116. The number of nitrogens with zero attached hydrogens (tertiary/aromatic N) is 5. The minimum absolute atomic E-state index is 0.0510. The number of amides is 1. The van der Waals surface area contributed by atoms with Crippen molar-refractivity contribution >= 4 is 55.9 Å². The molecule has 0 spiro atoms. The molecule has 0 radical (unpaired) electrons. The van der Waals surface area contributed by atoms with E-state index >= 15 is 0 Å². The highest BCUT2D eigenvalue weighted by Gasteiger charge is 2.20. The third-order valence-electron chi connectivity index (χ3n) is 5.56. The van der Waals surface area contributed by atoms with E-state index in [0.717, 1.165) is 25.4 Å². The summed E-state index contributed by atoms with van der Waals surface area (Å²) in [5, 5.41) is 3.65. The summed E-state index contributed by atoms with van der Waals surface area (Å²) in [6, 6.07) is 13.5. The van der Waals surface area contributed by atoms with E-state index in [4.69, 9.17) is 11.6 Å². The Kier molecular flexibility index (Phi) is 5.34. The fraction of sp³-hybridized carbons (Fsp3) is 0.174. The Morgan fingerprint density at radius 1 is 1.06 bits per heavy atom. The van der Waals surface area contributed by atoms with Crippen LogP contribution in [0.1, 0.15) is 5.56 Å². The Labute approximate surface area is 201 Å². The van der Waals surface area contributed by atoms with Crippen molar-refractivity contribution in [3.8, 4) is 10.6 Å². The summed E-state index contributed by atoms with van der Waals surface area (Å²) in [6.07, 6.45) is 0. The predicted molar refractivity (Wildman–Crippen MR) is 134 cm³/mol. The van der Waals surface area contributed by atoms with E-state index in [0.29, 0.717) is 5.69 Å². The minimum Gasteiger partial charge on any atom is -0.325 e. The van der Waals surface area contributed by atoms with Crippen LogP contribution in [0.3, 0.4) is 0 Å². The van der Waals surface area contributed by atoms with Crippen LogP contribution in [0, 0.1) is 6.92 Å². The van der Waals surface area contributed by atoms with Crippen LogP contribution in [0.25, 0.3) is 32.0 Å². The number of anilines is 1. The standard InChI is InChI=1S/C23H19ClN6O3S/c1-12-4-9-15-16(10-12)34-20(26-15)13-5-7-14(8-6-13)25-17(31)11-30-18-19(27-22(30)24)28(2)23(33)29(3)21(18)32/h4-10H,11H2,1-3H3,(H,25,31). The number of fused-ring (bicyclic) bond motifs is 2. The molecule has 11 heteroatoms. The van der Waals surface area contributed by atoms with E-state index in [1.54, 1.807) is 23.5 Å². The van der Waals surface area contributed by atoms with Crippen LogP contribution in [0.5, 0.6) is 0 Å². The Hall–Kier alpha value is -3.76. The third kappa shape index (κ3) is 3.70. The third-order valence-corrected chi connectivity index (χ3v) is 6.92. The van der Waals surface area contributed by atoms with Gasteiger partial charge in [-0.15, -0.1) is 11.3 Å². The smallest absolute Gasteiger partial charge is 0.325 e. The van der Waals surface area contributed by atoms with Crippen LogP contribution in [0.4, 0.5) is 5.69 Å². The van der Waals surface area contributed by atoms with Crippen molar-refractivity contribution in [2.75, 3.05) is 5.32 Å². The molecule has 34 heavy (non-hydrogen) atoms. The largest absolute Gasteiger partial charge is 0.332 e. The zero-order valence-electron chi connectivity index (χ0n) is 18.5. The summed E-state index contributed by atoms with van der Waals surface area (Å²) in [4.78, 5) is 46.3. The topological polar surface area (TPSA) is 104 Å². The molecule has 0 fully saturated rings. The van der Waals surface area contributed by atoms with Crippen LogP contribution in [-0.2, 0) is 25.4 Å². The molecule has 0 aliphatic rings. The second-order valence-electron chi connectivity index (χ2n) is 7.96. The first-order chi connectivity index (χ1) is 16.2. The molecule has 3 aromatic heterocycles. The Morgan fingerprint density at radius 2 is 1.79 bits per heavy atom. The molecule has 0 bridgehead atoms. The summed E-state index contributed by atoms with van der Waals surface area (Å²) in [7, 11) is 2.86. The van der Waals surface area contributed by atoms with Crippen molar-refractivity contribution in [3.63, 3.8) is 0 Å². The lowest BCUT2D eigenvalue weighted by Gasteiger charge is -2.09. The molecule has 0 aliphatic heterocycles. The van der Waals surface area contributed by atoms with Gasteiger partial charge in [-0.3, -0.25) is 23.3 Å². The molecular formula is C23H19ClN6O3S. The minimum atomic E-state index is -0.569. The Morgan fingerprint density at radius 3 is 2.53 bits per heavy atom. The summed E-state index contributed by atoms with van der Waals surface area (Å²) in [5.41, 5.74) is 2.80. The second-order valence-corrected chi connectivity index (χ2v) is 9.33. The molecule has 0 saturated carbocycles. The van der Waals surface area contributed by atoms with Crippen LogP contribution in [0.15, 0.2) is 52.1 Å². The zero-order chi connectivity index (χ0) is 24.1. The normalized spacial score (nSPS) is 11.4. The van der Waals surface area contributed by atoms with Crippen LogP contribution < -0.4 is 16.6 Å². The van der Waals surface area contributed by atoms with E-state index in [2.05, 4.69) is 28.3 Å². The number of imidazole rings is 1. The number of halogens is 1. The highest BCUT2D eigenvalue weighted by molar-refractivity contribution is 7.21. The maximum Gasteiger partial charge on any atom is 0.332 e. The number of rotatable bonds is 4. The number of aryl methyl sites for hydroxylation is 2. The number of nitrogens with one attached hydrogen (secondary N) is 1. The van der Waals surface area contributed by atoms with E-state index in [-0.39, 0.29) is 28.9 Å². The number of thiazole rings is 1. The van der Waals surface area contributed by atoms with Crippen molar-refractivity contribution < 1.29 is 4.79 Å². The molecule has 172 valence electrons. The number of benzene rings is 2. The maximum atomic E-state index is 12.7. The Balaban J connectivity index is 1.38. The van der Waals surface area contributed by atoms with E-state index in [1.807, 2.05) is 24.3 Å². The van der Waals surface area contributed by atoms with Gasteiger partial charge in [0.25, 0.3) is 5.56 Å². The number of aromatic nitrogens is 5. The first kappa shape index (κ1) is 22.1. The molecule has 5 aromatic rings. The molecule has 0 unspecified atom stereocenters. The fourth-order valence-electron chi connectivity index (χ4n) is 3.76. The van der Waals surface area contributed by atoms with Gasteiger partial charge in [0.15, 0.2) is 11.2 Å². The predicted octanol–water partition coefficient (Wildman–Crippen LogP) is 3.31. The molecule has 1 N–H and O–H groups in total. The molecular weight excluding hydrogens is 476 g/mol. The van der Waals surface area contributed by atoms with Gasteiger partial charge in [0.05, 0.1) is 10.2 Å². The average Bonchev–Trinajstić information content (AvgIpc) is 3.37. The fourth-order valence-corrected chi connectivity index (χ4v) is 5.05. The van der Waals surface area contributed by atoms with Crippen molar-refractivity contribution in [2.45, 2.75) is 13.5 Å². The quantitative estimate of drug-likeness (QED) is 0.386. The first-order valence-corrected chi connectivity index (χ1v) is 11.5. The van der Waals surface area contributed by atoms with Gasteiger partial charge < -0.3 is 5.32 Å². The molecule has 0 atom stereocenters. The van der Waals surface area contributed by atoms with Crippen molar-refractivity contribution in [1.82, 2.24) is 23.7 Å². The first-order valence-electron chi connectivity index (χ1n) is 10.3. The summed E-state index contributed by atoms with van der Waals surface area (Å²) < 4.78 is 4.60. The Bertz CT molecular complexity index is 1710. The SMILES string of the molecule is Cc1ccc2nc(-c3ccc(NC(=O)Cn4c(Cl)nc5c4c(=O)n(C)c(=O)n5C)cc3)sc2c1. The molecule has 3 heterocycles.